The van der Waals surface area contributed by atoms with Gasteiger partial charge < -0.3 is 4.90 Å². The number of hydrogen-bond donors (Lipinski definition) is 0. The van der Waals surface area contributed by atoms with E-state index in [2.05, 4.69) is 46.7 Å². The average molecular weight is 362 g/mol. The quantitative estimate of drug-likeness (QED) is 0.613. The molecule has 3 nitrogen and oxygen atoms in total. The van der Waals surface area contributed by atoms with Crippen LogP contribution in [0.4, 0.5) is 0 Å². The van der Waals surface area contributed by atoms with Crippen molar-refractivity contribution in [2.24, 2.45) is 0 Å². The molecular weight excluding hydrogens is 330 g/mol. The van der Waals surface area contributed by atoms with Crippen LogP contribution in [0.25, 0.3) is 16.4 Å². The molecule has 0 radical (unpaired) electrons. The van der Waals surface area contributed by atoms with Crippen LogP contribution in [0.3, 0.4) is 0 Å². The summed E-state index contributed by atoms with van der Waals surface area (Å²) < 4.78 is 2.53. The van der Waals surface area contributed by atoms with Crippen LogP contribution in [0.5, 0.6) is 0 Å². The Morgan fingerprint density at radius 2 is 1.78 bits per heavy atom. The monoisotopic (exact) mass is 361 g/mol. The zero-order valence-corrected chi connectivity index (χ0v) is 16.6. The van der Waals surface area contributed by atoms with Crippen molar-refractivity contribution in [2.45, 2.75) is 64.2 Å². The minimum absolute atomic E-state index is 0.615. The molecule has 142 valence electrons. The van der Waals surface area contributed by atoms with Gasteiger partial charge in [0.2, 0.25) is 0 Å². The lowest BCUT2D eigenvalue weighted by Crippen LogP contribution is -2.22. The summed E-state index contributed by atoms with van der Waals surface area (Å²) in [6, 6.07) is 9.01. The number of rotatable bonds is 4. The lowest BCUT2D eigenvalue weighted by atomic mass is 9.88. The Kier molecular flexibility index (Phi) is 4.65. The van der Waals surface area contributed by atoms with Gasteiger partial charge in [-0.05, 0) is 69.3 Å². The second-order valence-electron chi connectivity index (χ2n) is 8.61. The number of aromatic nitrogens is 2. The number of aryl methyl sites for hydroxylation is 1. The van der Waals surface area contributed by atoms with Gasteiger partial charge in [0.25, 0.3) is 0 Å². The molecule has 27 heavy (non-hydrogen) atoms. The zero-order chi connectivity index (χ0) is 18.2. The largest absolute Gasteiger partial charge is 0.303 e. The van der Waals surface area contributed by atoms with E-state index < -0.39 is 0 Å². The highest BCUT2D eigenvalue weighted by molar-refractivity contribution is 5.93. The van der Waals surface area contributed by atoms with Crippen molar-refractivity contribution in [3.63, 3.8) is 0 Å². The summed E-state index contributed by atoms with van der Waals surface area (Å²) in [5.74, 6) is 1.92. The van der Waals surface area contributed by atoms with Crippen LogP contribution in [-0.4, -0.2) is 33.9 Å². The van der Waals surface area contributed by atoms with Crippen LogP contribution in [-0.2, 0) is 6.42 Å². The predicted molar refractivity (Wildman–Crippen MR) is 113 cm³/mol. The van der Waals surface area contributed by atoms with Gasteiger partial charge >= 0.3 is 0 Å². The Morgan fingerprint density at radius 1 is 1.00 bits per heavy atom. The Balaban J connectivity index is 1.66. The van der Waals surface area contributed by atoms with Gasteiger partial charge in [0.15, 0.2) is 0 Å². The van der Waals surface area contributed by atoms with E-state index in [0.717, 1.165) is 6.42 Å². The molecule has 3 heterocycles. The van der Waals surface area contributed by atoms with Crippen molar-refractivity contribution in [1.29, 1.82) is 0 Å². The van der Waals surface area contributed by atoms with E-state index >= 15 is 0 Å². The minimum atomic E-state index is 0.615. The molecule has 3 heteroatoms. The molecule has 0 atom stereocenters. The standard InChI is InChI=1S/C24H31N3/c1-18-17-25-24(19-9-3-2-4-10-19)27-22-12-6-5-11-20(22)21(23(18)27)13-16-26-14-7-8-15-26/h5-6,11-12,17,19H,2-4,7-10,13-16H2,1H3. The average Bonchev–Trinajstić information content (AvgIpc) is 3.34. The number of likely N-dealkylation sites (tertiary alicyclic amines) is 1. The Hall–Kier alpha value is -1.87. The first kappa shape index (κ1) is 17.2. The molecule has 1 aliphatic heterocycles. The van der Waals surface area contributed by atoms with Gasteiger partial charge in [-0.1, -0.05) is 37.5 Å². The number of fused-ring (bicyclic) bond motifs is 3. The fourth-order valence-corrected chi connectivity index (χ4v) is 5.42. The number of benzene rings is 1. The Bertz CT molecular complexity index is 943. The van der Waals surface area contributed by atoms with Crippen molar-refractivity contribution < 1.29 is 0 Å². The molecule has 3 aromatic rings. The summed E-state index contributed by atoms with van der Waals surface area (Å²) in [6.07, 6.45) is 12.7. The molecule has 0 spiro atoms. The molecule has 1 aliphatic carbocycles. The molecule has 1 saturated heterocycles. The Labute approximate surface area is 162 Å². The summed E-state index contributed by atoms with van der Waals surface area (Å²) in [4.78, 5) is 7.62. The smallest absolute Gasteiger partial charge is 0.116 e. The molecule has 2 aromatic heterocycles. The predicted octanol–water partition coefficient (Wildman–Crippen LogP) is 5.48. The third-order valence-corrected chi connectivity index (χ3v) is 6.82. The molecule has 5 rings (SSSR count). The van der Waals surface area contributed by atoms with Crippen LogP contribution in [0.15, 0.2) is 30.5 Å². The van der Waals surface area contributed by atoms with Crippen LogP contribution in [0.2, 0.25) is 0 Å². The first-order valence-corrected chi connectivity index (χ1v) is 10.9. The van der Waals surface area contributed by atoms with E-state index in [0.29, 0.717) is 5.92 Å². The van der Waals surface area contributed by atoms with E-state index in [1.54, 1.807) is 0 Å². The Morgan fingerprint density at radius 3 is 2.59 bits per heavy atom. The highest BCUT2D eigenvalue weighted by Gasteiger charge is 2.24. The maximum Gasteiger partial charge on any atom is 0.116 e. The molecule has 0 unspecified atom stereocenters. The van der Waals surface area contributed by atoms with Gasteiger partial charge in [-0.2, -0.15) is 0 Å². The van der Waals surface area contributed by atoms with Crippen molar-refractivity contribution >= 4 is 16.4 Å². The van der Waals surface area contributed by atoms with Gasteiger partial charge in [-0.25, -0.2) is 4.98 Å². The van der Waals surface area contributed by atoms with Gasteiger partial charge in [-0.15, -0.1) is 0 Å². The van der Waals surface area contributed by atoms with E-state index in [4.69, 9.17) is 4.98 Å². The van der Waals surface area contributed by atoms with Crippen LogP contribution in [0.1, 0.15) is 67.8 Å². The molecule has 2 fully saturated rings. The fraction of sp³-hybridized carbons (Fsp3) is 0.542. The van der Waals surface area contributed by atoms with E-state index in [1.165, 1.54) is 98.0 Å². The van der Waals surface area contributed by atoms with E-state index in [9.17, 15) is 0 Å². The van der Waals surface area contributed by atoms with Crippen molar-refractivity contribution in [1.82, 2.24) is 14.3 Å². The summed E-state index contributed by atoms with van der Waals surface area (Å²) in [5, 5.41) is 1.44. The minimum Gasteiger partial charge on any atom is -0.303 e. The lowest BCUT2D eigenvalue weighted by Gasteiger charge is -2.23. The van der Waals surface area contributed by atoms with Gasteiger partial charge in [-0.3, -0.25) is 4.40 Å². The number of hydrogen-bond acceptors (Lipinski definition) is 2. The molecule has 0 bridgehead atoms. The molecule has 1 saturated carbocycles. The second-order valence-corrected chi connectivity index (χ2v) is 8.61. The van der Waals surface area contributed by atoms with Crippen LogP contribution < -0.4 is 0 Å². The maximum atomic E-state index is 4.98. The van der Waals surface area contributed by atoms with Crippen molar-refractivity contribution in [3.05, 3.63) is 47.4 Å². The second kappa shape index (κ2) is 7.27. The normalized spacial score (nSPS) is 19.4. The highest BCUT2D eigenvalue weighted by Crippen LogP contribution is 2.36. The molecule has 0 amide bonds. The molecular formula is C24H31N3. The number of nitrogens with zero attached hydrogens (tertiary/aromatic N) is 3. The summed E-state index contributed by atoms with van der Waals surface area (Å²) >= 11 is 0. The third-order valence-electron chi connectivity index (χ3n) is 6.82. The van der Waals surface area contributed by atoms with Gasteiger partial charge in [0, 0.05) is 24.0 Å². The van der Waals surface area contributed by atoms with E-state index in [-0.39, 0.29) is 0 Å². The topological polar surface area (TPSA) is 20.5 Å². The maximum absolute atomic E-state index is 4.98. The number of para-hydroxylation sites is 1. The van der Waals surface area contributed by atoms with Crippen LogP contribution in [0, 0.1) is 6.92 Å². The summed E-state index contributed by atoms with van der Waals surface area (Å²) in [6.45, 7) is 5.98. The fourth-order valence-electron chi connectivity index (χ4n) is 5.42. The van der Waals surface area contributed by atoms with E-state index in [1.807, 2.05) is 0 Å². The van der Waals surface area contributed by atoms with Crippen molar-refractivity contribution in [3.8, 4) is 0 Å². The van der Waals surface area contributed by atoms with Crippen LogP contribution >= 0.6 is 0 Å². The molecule has 2 aliphatic rings. The molecule has 0 N–H and O–H groups in total. The van der Waals surface area contributed by atoms with Crippen molar-refractivity contribution in [2.75, 3.05) is 19.6 Å². The van der Waals surface area contributed by atoms with Gasteiger partial charge in [0.05, 0.1) is 11.0 Å². The highest BCUT2D eigenvalue weighted by atomic mass is 15.1. The molecule has 1 aromatic carbocycles. The SMILES string of the molecule is Cc1cnc(C2CCCCC2)n2c1c(CCN1CCCC1)c1ccccc12. The third kappa shape index (κ3) is 3.06. The zero-order valence-electron chi connectivity index (χ0n) is 16.6. The first-order chi connectivity index (χ1) is 13.3. The first-order valence-electron chi connectivity index (χ1n) is 10.9. The van der Waals surface area contributed by atoms with Gasteiger partial charge in [0.1, 0.15) is 5.82 Å². The summed E-state index contributed by atoms with van der Waals surface area (Å²) in [5.41, 5.74) is 5.66. The summed E-state index contributed by atoms with van der Waals surface area (Å²) in [7, 11) is 0. The lowest BCUT2D eigenvalue weighted by molar-refractivity contribution is 0.344.